The smallest absolute Gasteiger partial charge is 0.387 e. The molecule has 0 spiro atoms. The third-order valence-electron chi connectivity index (χ3n) is 1.97. The van der Waals surface area contributed by atoms with E-state index in [2.05, 4.69) is 10.3 Å². The first-order valence-electron chi connectivity index (χ1n) is 4.01. The summed E-state index contributed by atoms with van der Waals surface area (Å²) < 4.78 is 1.62. The van der Waals surface area contributed by atoms with Crippen molar-refractivity contribution in [2.45, 2.75) is 0 Å². The number of nitro groups is 1. The molecule has 0 bridgehead atoms. The van der Waals surface area contributed by atoms with Gasteiger partial charge < -0.3 is 15.4 Å². The minimum absolute atomic E-state index is 0.118. The molecule has 6 heteroatoms. The summed E-state index contributed by atoms with van der Waals surface area (Å²) in [5.74, 6) is -0.118. The molecule has 6 nitrogen and oxygen atoms in total. The van der Waals surface area contributed by atoms with Crippen molar-refractivity contribution in [3.63, 3.8) is 0 Å². The van der Waals surface area contributed by atoms with Crippen molar-refractivity contribution in [2.75, 3.05) is 12.4 Å². The highest BCUT2D eigenvalue weighted by atomic mass is 16.6. The van der Waals surface area contributed by atoms with Gasteiger partial charge in [0.15, 0.2) is 0 Å². The molecule has 0 aromatic carbocycles. The Bertz CT molecular complexity index is 491. The summed E-state index contributed by atoms with van der Waals surface area (Å²) in [7, 11) is 1.78. The molecule has 0 fully saturated rings. The maximum Gasteiger partial charge on any atom is 0.389 e. The minimum atomic E-state index is -0.492. The van der Waals surface area contributed by atoms with Crippen molar-refractivity contribution in [3.8, 4) is 0 Å². The third kappa shape index (κ3) is 1.17. The van der Waals surface area contributed by atoms with Gasteiger partial charge in [-0.2, -0.15) is 0 Å². The van der Waals surface area contributed by atoms with Crippen molar-refractivity contribution in [2.24, 2.45) is 0 Å². The fourth-order valence-electron chi connectivity index (χ4n) is 1.27. The van der Waals surface area contributed by atoms with Crippen LogP contribution in [-0.4, -0.2) is 21.4 Å². The predicted octanol–water partition coefficient (Wildman–Crippen LogP) is 1.28. The van der Waals surface area contributed by atoms with Crippen LogP contribution >= 0.6 is 0 Å². The average Bonchev–Trinajstić information content (AvgIpc) is 2.59. The number of hydrogen-bond donors (Lipinski definition) is 1. The molecule has 2 aromatic rings. The molecule has 0 unspecified atom stereocenters. The molecule has 0 amide bonds. The Morgan fingerprint density at radius 1 is 1.57 bits per heavy atom. The molecule has 0 saturated carbocycles. The van der Waals surface area contributed by atoms with E-state index >= 15 is 0 Å². The molecule has 72 valence electrons. The van der Waals surface area contributed by atoms with Crippen LogP contribution in [0.15, 0.2) is 24.7 Å². The fraction of sp³-hybridized carbons (Fsp3) is 0.125. The molecule has 2 heterocycles. The Morgan fingerprint density at radius 2 is 2.36 bits per heavy atom. The Balaban J connectivity index is 2.65. The topological polar surface area (TPSA) is 72.5 Å². The van der Waals surface area contributed by atoms with Crippen LogP contribution in [-0.2, 0) is 0 Å². The Kier molecular flexibility index (Phi) is 1.81. The zero-order valence-corrected chi connectivity index (χ0v) is 7.47. The zero-order valence-electron chi connectivity index (χ0n) is 7.47. The van der Waals surface area contributed by atoms with E-state index in [0.29, 0.717) is 5.52 Å². The summed E-state index contributed by atoms with van der Waals surface area (Å²) in [6.45, 7) is 0. The molecule has 0 aliphatic carbocycles. The fourth-order valence-corrected chi connectivity index (χ4v) is 1.27. The summed E-state index contributed by atoms with van der Waals surface area (Å²) in [5.41, 5.74) is 1.37. The highest BCUT2D eigenvalue weighted by Gasteiger charge is 2.14. The molecule has 0 saturated heterocycles. The zero-order chi connectivity index (χ0) is 10.1. The van der Waals surface area contributed by atoms with Gasteiger partial charge in [-0.1, -0.05) is 0 Å². The number of rotatable bonds is 2. The van der Waals surface area contributed by atoms with E-state index in [9.17, 15) is 10.1 Å². The molecular weight excluding hydrogens is 184 g/mol. The van der Waals surface area contributed by atoms with Gasteiger partial charge in [0.05, 0.1) is 5.69 Å². The van der Waals surface area contributed by atoms with Crippen LogP contribution < -0.4 is 5.32 Å². The average molecular weight is 192 g/mol. The van der Waals surface area contributed by atoms with Crippen LogP contribution in [0.1, 0.15) is 0 Å². The number of fused-ring (bicyclic) bond motifs is 1. The first-order chi connectivity index (χ1) is 6.72. The minimum Gasteiger partial charge on any atom is -0.387 e. The number of nitrogens with one attached hydrogen (secondary N) is 1. The lowest BCUT2D eigenvalue weighted by Crippen LogP contribution is -1.92. The molecule has 1 N–H and O–H groups in total. The largest absolute Gasteiger partial charge is 0.389 e. The first kappa shape index (κ1) is 8.49. The molecule has 0 aliphatic heterocycles. The number of nitrogens with zero attached hydrogens (tertiary/aromatic N) is 3. The SMILES string of the molecule is CNc1ccc2c([N+](=O)[O-])ncn2c1. The third-order valence-corrected chi connectivity index (χ3v) is 1.97. The number of hydrogen-bond acceptors (Lipinski definition) is 4. The van der Waals surface area contributed by atoms with Gasteiger partial charge in [0.1, 0.15) is 5.52 Å². The molecule has 0 aliphatic rings. The van der Waals surface area contributed by atoms with E-state index in [4.69, 9.17) is 0 Å². The highest BCUT2D eigenvalue weighted by molar-refractivity contribution is 5.64. The van der Waals surface area contributed by atoms with Gasteiger partial charge in [-0.05, 0) is 22.0 Å². The highest BCUT2D eigenvalue weighted by Crippen LogP contribution is 2.19. The van der Waals surface area contributed by atoms with Crippen LogP contribution in [0.4, 0.5) is 11.5 Å². The first-order valence-corrected chi connectivity index (χ1v) is 4.01. The van der Waals surface area contributed by atoms with Crippen LogP contribution in [0.3, 0.4) is 0 Å². The molecule has 14 heavy (non-hydrogen) atoms. The number of aromatic nitrogens is 2. The van der Waals surface area contributed by atoms with Crippen molar-refractivity contribution < 1.29 is 4.92 Å². The Hall–Kier alpha value is -2.11. The maximum atomic E-state index is 10.5. The summed E-state index contributed by atoms with van der Waals surface area (Å²) >= 11 is 0. The van der Waals surface area contributed by atoms with Crippen LogP contribution in [0, 0.1) is 10.1 Å². The van der Waals surface area contributed by atoms with Crippen molar-refractivity contribution in [1.29, 1.82) is 0 Å². The van der Waals surface area contributed by atoms with Gasteiger partial charge >= 0.3 is 5.82 Å². The van der Waals surface area contributed by atoms with E-state index < -0.39 is 4.92 Å². The quantitative estimate of drug-likeness (QED) is 0.574. The predicted molar refractivity (Wildman–Crippen MR) is 51.4 cm³/mol. The van der Waals surface area contributed by atoms with E-state index in [1.165, 1.54) is 6.33 Å². The Morgan fingerprint density at radius 3 is 3.00 bits per heavy atom. The summed E-state index contributed by atoms with van der Waals surface area (Å²) in [5, 5.41) is 13.5. The molecule has 2 aromatic heterocycles. The second-order valence-corrected chi connectivity index (χ2v) is 2.79. The lowest BCUT2D eigenvalue weighted by Gasteiger charge is -1.99. The van der Waals surface area contributed by atoms with Gasteiger partial charge in [0.2, 0.25) is 6.33 Å². The Labute approximate surface area is 79.3 Å². The lowest BCUT2D eigenvalue weighted by molar-refractivity contribution is -0.387. The van der Waals surface area contributed by atoms with Crippen molar-refractivity contribution >= 4 is 17.0 Å². The van der Waals surface area contributed by atoms with Gasteiger partial charge in [0.25, 0.3) is 0 Å². The normalized spacial score (nSPS) is 10.4. The van der Waals surface area contributed by atoms with Gasteiger partial charge in [-0.25, -0.2) is 0 Å². The van der Waals surface area contributed by atoms with Crippen molar-refractivity contribution in [1.82, 2.24) is 9.38 Å². The van der Waals surface area contributed by atoms with E-state index in [0.717, 1.165) is 5.69 Å². The summed E-state index contributed by atoms with van der Waals surface area (Å²) in [6, 6.07) is 3.43. The van der Waals surface area contributed by atoms with E-state index in [-0.39, 0.29) is 5.82 Å². The number of imidazole rings is 1. The maximum absolute atomic E-state index is 10.5. The molecule has 2 rings (SSSR count). The molecule has 0 radical (unpaired) electrons. The lowest BCUT2D eigenvalue weighted by atomic mass is 10.3. The van der Waals surface area contributed by atoms with Crippen LogP contribution in [0.5, 0.6) is 0 Å². The second kappa shape index (κ2) is 2.99. The van der Waals surface area contributed by atoms with E-state index in [1.54, 1.807) is 29.8 Å². The second-order valence-electron chi connectivity index (χ2n) is 2.79. The van der Waals surface area contributed by atoms with Gasteiger partial charge in [-0.15, -0.1) is 0 Å². The van der Waals surface area contributed by atoms with Crippen LogP contribution in [0.25, 0.3) is 5.52 Å². The molecular formula is C8H8N4O2. The van der Waals surface area contributed by atoms with Crippen molar-refractivity contribution in [3.05, 3.63) is 34.8 Å². The van der Waals surface area contributed by atoms with Gasteiger partial charge in [0, 0.05) is 13.2 Å². The number of pyridine rings is 1. The number of anilines is 1. The van der Waals surface area contributed by atoms with E-state index in [1.807, 2.05) is 0 Å². The van der Waals surface area contributed by atoms with Gasteiger partial charge in [-0.3, -0.25) is 4.40 Å². The monoisotopic (exact) mass is 192 g/mol. The summed E-state index contributed by atoms with van der Waals surface area (Å²) in [6.07, 6.45) is 3.17. The summed E-state index contributed by atoms with van der Waals surface area (Å²) in [4.78, 5) is 13.8. The standard InChI is InChI=1S/C8H8N4O2/c1-9-6-2-3-7-8(12(13)14)10-5-11(7)4-6/h2-5,9H,1H3. The van der Waals surface area contributed by atoms with Crippen LogP contribution in [0.2, 0.25) is 0 Å². The molecule has 0 atom stereocenters.